The molecule has 3 aliphatic heterocycles. The molecular weight excluding hydrogens is 1810 g/mol. The van der Waals surface area contributed by atoms with Crippen molar-refractivity contribution in [2.24, 2.45) is 35.1 Å². The van der Waals surface area contributed by atoms with E-state index in [4.69, 9.17) is 135 Å². The number of hydrogen-bond donors (Lipinski definition) is 12. The summed E-state index contributed by atoms with van der Waals surface area (Å²) in [7, 11) is 61.7. The van der Waals surface area contributed by atoms with Crippen LogP contribution in [0.1, 0.15) is 47.9 Å². The van der Waals surface area contributed by atoms with Gasteiger partial charge in [0.1, 0.15) is 45.7 Å². The molecule has 0 aromatic heterocycles. The fraction of sp³-hybridized carbons (Fsp3) is 0.190. The van der Waals surface area contributed by atoms with E-state index in [0.717, 1.165) is 3.57 Å². The molecule has 586 valence electrons. The minimum absolute atomic E-state index is 0.0220. The summed E-state index contributed by atoms with van der Waals surface area (Å²) >= 11 is 3.99. The highest BCUT2D eigenvalue weighted by atomic mass is 127. The SMILES string of the molecule is C=C=C=C=C=C=C=C=C=C=C=C=C=C=C=C=C=C=C=C.NC(=O)C1=C(O)[C@@]2(O)C(=O)C3=C(O)c4c(O)c(-c5ccc6c(c5)OCO6)cc(-c5ccc6c(c5)OCO6)c4C[C@H]3C[C@H]2CC1=O.NC(=O)C1=C(O)[C@@]2(O)C(=O)C3=C(O)c4c(O)c(I)cc(I)c4C[C@H]3C[C@H]2CC1=O.OB(O)c1ccc2c(c1)OCO2.[B]B([B])B([B])B(B(B([B])[B])B([B])[B])B(B([B])[B])B([B])[B]. The van der Waals surface area contributed by atoms with Crippen LogP contribution >= 0.6 is 45.2 Å². The molecule has 14 N–H and O–H groups in total. The molecule has 9 aliphatic rings. The first-order valence-corrected chi connectivity index (χ1v) is 39.9. The summed E-state index contributed by atoms with van der Waals surface area (Å²) in [6.45, 7) is 6.90. The Balaban J connectivity index is 0.000000177. The van der Waals surface area contributed by atoms with E-state index in [0.29, 0.717) is 83.3 Å². The maximum atomic E-state index is 14.0. The zero-order valence-electron chi connectivity index (χ0n) is 66.3. The summed E-state index contributed by atoms with van der Waals surface area (Å²) in [5.41, 5.74) is 51.6. The highest BCUT2D eigenvalue weighted by Crippen LogP contribution is 2.57. The molecular formula is C79H51B21I2N2O22. The van der Waals surface area contributed by atoms with Crippen molar-refractivity contribution in [3.8, 4) is 68.2 Å². The molecule has 14 rings (SSSR count). The van der Waals surface area contributed by atoms with E-state index in [-0.39, 0.29) is 79.8 Å². The van der Waals surface area contributed by atoms with Gasteiger partial charge in [0.25, 0.3) is 11.8 Å². The van der Waals surface area contributed by atoms with Gasteiger partial charge in [0.15, 0.2) is 57.3 Å². The first kappa shape index (κ1) is 96.9. The zero-order valence-corrected chi connectivity index (χ0v) is 70.7. The number of carbonyl (C=O) groups is 6. The largest absolute Gasteiger partial charge is 0.508 e. The van der Waals surface area contributed by atoms with E-state index in [2.05, 4.69) is 139 Å². The summed E-state index contributed by atoms with van der Waals surface area (Å²) in [6, 6.07) is 18.8. The lowest BCUT2D eigenvalue weighted by Crippen LogP contribution is -2.80. The fourth-order valence-corrected chi connectivity index (χ4v) is 18.1. The van der Waals surface area contributed by atoms with Gasteiger partial charge in [-0.05, 0) is 269 Å². The van der Waals surface area contributed by atoms with Crippen molar-refractivity contribution in [1.29, 1.82) is 0 Å². The van der Waals surface area contributed by atoms with E-state index < -0.39 is 175 Å². The van der Waals surface area contributed by atoms with Crippen LogP contribution in [0.3, 0.4) is 0 Å². The topological polar surface area (TPSA) is 412 Å². The number of hydrogen-bond acceptors (Lipinski definition) is 22. The Morgan fingerprint density at radius 1 is 0.429 bits per heavy atom. The second-order valence-electron chi connectivity index (χ2n) is 29.2. The Morgan fingerprint density at radius 3 is 1.14 bits per heavy atom. The molecule has 2 saturated carbocycles. The summed E-state index contributed by atoms with van der Waals surface area (Å²) in [4.78, 5) is 75.9. The first-order valence-electron chi connectivity index (χ1n) is 37.7. The van der Waals surface area contributed by atoms with Crippen molar-refractivity contribution >= 4 is 247 Å². The smallest absolute Gasteiger partial charge is 0.488 e. The van der Waals surface area contributed by atoms with Crippen molar-refractivity contribution in [2.45, 2.75) is 49.7 Å². The second kappa shape index (κ2) is 41.9. The van der Waals surface area contributed by atoms with Crippen molar-refractivity contribution in [3.05, 3.63) is 246 Å². The predicted molar refractivity (Wildman–Crippen MR) is 503 cm³/mol. The van der Waals surface area contributed by atoms with Crippen LogP contribution in [0.5, 0.6) is 46.0 Å². The van der Waals surface area contributed by atoms with E-state index in [1.807, 2.05) is 28.7 Å². The van der Waals surface area contributed by atoms with Crippen LogP contribution in [0.15, 0.2) is 217 Å². The highest BCUT2D eigenvalue weighted by molar-refractivity contribution is 14.1. The second-order valence-corrected chi connectivity index (χ2v) is 31.5. The Kier molecular flexibility index (Phi) is 32.2. The third-order valence-electron chi connectivity index (χ3n) is 21.8. The van der Waals surface area contributed by atoms with Crippen LogP contribution in [0.25, 0.3) is 33.8 Å². The normalized spacial score (nSPS) is 18.7. The molecule has 24 nitrogen and oxygen atoms in total. The van der Waals surface area contributed by atoms with Gasteiger partial charge in [0, 0.05) is 188 Å². The van der Waals surface area contributed by atoms with Crippen molar-refractivity contribution in [1.82, 2.24) is 0 Å². The standard InChI is InChI=1S/C33H25NO11.C20H4.C19H15I2NO7.C7H7BO4.B20/c34-32(40)27-20(35)9-16-5-15-6-19-17(13-1-3-21-23(7-13)44-11-42-21)10-18(14-2-4-22-24(8-14)45-12-43-22)28(36)26(19)29(37)25(15)30(38)33(16,41)31(27)39;1-3-5-7-9-11-13-15-17-19-20-18-16-14-12-10-8-6-4-2;20-8-4-9(21)14(24)12-7(8)2-5-1-6-3-10(23)13(18(22)28)17(27)19(6,29)16(26)11(5)15(12)25;9-8(10)5-1-2-6-7(3-5)12-4-11-6;1-12(2)17(11)20(18(13(3)4)14(5)6)19(15(7)8)16(9)10/h1-4,7-8,10,15-16,36-37,39,41H,5-6,9,11-12H2,(H2,34,40);1-2H2;4-6,24-25,27,29H,1-3H2,(H2,22,28);1-3,9-10H,4H2;/t15-,16+,33+;;5-,6+,19+;;/m1.1../s1. The van der Waals surface area contributed by atoms with Gasteiger partial charge in [-0.25, -0.2) is 0 Å². The van der Waals surface area contributed by atoms with E-state index in [9.17, 15) is 69.6 Å². The summed E-state index contributed by atoms with van der Waals surface area (Å²) in [5.74, 6) is -9.74. The van der Waals surface area contributed by atoms with Gasteiger partial charge in [-0.3, -0.25) is 28.8 Å². The lowest BCUT2D eigenvalue weighted by atomic mass is 8.39. The third kappa shape index (κ3) is 20.4. The maximum Gasteiger partial charge on any atom is 0.488 e. The third-order valence-corrected chi connectivity index (χ3v) is 23.5. The van der Waals surface area contributed by atoms with Crippen LogP contribution < -0.4 is 45.4 Å². The molecule has 6 atom stereocenters. The Morgan fingerprint density at radius 2 is 0.778 bits per heavy atom. The summed E-state index contributed by atoms with van der Waals surface area (Å²) in [6.07, 6.45) is -7.26. The number of rotatable bonds is 13. The van der Waals surface area contributed by atoms with Crippen LogP contribution in [-0.2, 0) is 41.6 Å². The van der Waals surface area contributed by atoms with Crippen molar-refractivity contribution in [2.75, 3.05) is 20.4 Å². The van der Waals surface area contributed by atoms with Gasteiger partial charge in [-0.2, -0.15) is 0 Å². The van der Waals surface area contributed by atoms with E-state index >= 15 is 0 Å². The van der Waals surface area contributed by atoms with Gasteiger partial charge < -0.3 is 90.8 Å². The number of carbonyl (C=O) groups excluding carboxylic acids is 6. The van der Waals surface area contributed by atoms with Crippen LogP contribution in [0.2, 0.25) is 0 Å². The average Bonchev–Trinajstić information content (AvgIpc) is 0.721. The number of ketones is 4. The minimum atomic E-state index is -2.65. The van der Waals surface area contributed by atoms with Gasteiger partial charge in [-0.15, -0.1) is 0 Å². The van der Waals surface area contributed by atoms with Gasteiger partial charge >= 0.3 is 7.12 Å². The number of benzene rings is 5. The highest BCUT2D eigenvalue weighted by Gasteiger charge is 2.62. The number of aromatic hydroxyl groups is 2. The molecule has 22 radical (unpaired) electrons. The Labute approximate surface area is 768 Å². The molecule has 5 aromatic rings. The van der Waals surface area contributed by atoms with Crippen LogP contribution in [-0.4, -0.2) is 267 Å². The van der Waals surface area contributed by atoms with Crippen LogP contribution in [0, 0.1) is 30.8 Å². The lowest BCUT2D eigenvalue weighted by Gasteiger charge is -2.46. The number of fused-ring (bicyclic) bond motifs is 9. The summed E-state index contributed by atoms with van der Waals surface area (Å²) in [5, 5.41) is 107. The quantitative estimate of drug-likeness (QED) is 0.0317. The predicted octanol–water partition coefficient (Wildman–Crippen LogP) is -0.0785. The number of amides is 2. The molecule has 0 bridgehead atoms. The lowest BCUT2D eigenvalue weighted by molar-refractivity contribution is -0.148. The first-order chi connectivity index (χ1) is 59.8. The molecule has 0 unspecified atom stereocenters. The number of aliphatic hydroxyl groups is 6. The van der Waals surface area contributed by atoms with E-state index in [1.165, 1.54) is 0 Å². The number of halogens is 2. The molecule has 47 heteroatoms. The number of phenols is 2. The van der Waals surface area contributed by atoms with Crippen LogP contribution in [0.4, 0.5) is 0 Å². The minimum Gasteiger partial charge on any atom is -0.508 e. The molecule has 6 aliphatic carbocycles. The Bertz CT molecular complexity index is 6180. The Hall–Kier alpha value is -11.3. The fourth-order valence-electron chi connectivity index (χ4n) is 16.1. The van der Waals surface area contributed by atoms with E-state index in [1.54, 1.807) is 60.7 Å². The molecule has 2 fully saturated rings. The zero-order chi connectivity index (χ0) is 92.2. The van der Waals surface area contributed by atoms with Crippen molar-refractivity contribution < 1.29 is 108 Å². The number of primary amides is 2. The molecule has 0 saturated heterocycles. The number of Topliss-reactive ketones (excluding diaryl/α,β-unsaturated/α-hetero) is 4. The molecule has 5 aromatic carbocycles. The maximum absolute atomic E-state index is 14.0. The van der Waals surface area contributed by atoms with Gasteiger partial charge in [0.2, 0.25) is 31.9 Å². The number of phenolic OH excluding ortho intramolecular Hbond substituents is 2. The van der Waals surface area contributed by atoms with Gasteiger partial charge in [0.05, 0.1) is 14.7 Å². The molecule has 2 amide bonds. The van der Waals surface area contributed by atoms with Crippen molar-refractivity contribution in [3.63, 3.8) is 0 Å². The molecule has 126 heavy (non-hydrogen) atoms. The monoisotopic (exact) mass is 1860 g/mol. The number of nitrogens with two attached hydrogens (primary N) is 2. The molecule has 0 spiro atoms. The van der Waals surface area contributed by atoms with Gasteiger partial charge in [-0.1, -0.05) is 29.7 Å². The average molecular weight is 1860 g/mol. The summed E-state index contributed by atoms with van der Waals surface area (Å²) < 4.78 is 33.4. The molecule has 3 heterocycles. The number of aliphatic hydroxyl groups excluding tert-OH is 4. The number of ether oxygens (including phenoxy) is 6.